The fourth-order valence-corrected chi connectivity index (χ4v) is 6.17. The Labute approximate surface area is 211 Å². The number of benzene rings is 2. The first kappa shape index (κ1) is 25.2. The van der Waals surface area contributed by atoms with Gasteiger partial charge in [-0.15, -0.1) is 0 Å². The minimum atomic E-state index is -4.38. The Kier molecular flexibility index (Phi) is 6.85. The summed E-state index contributed by atoms with van der Waals surface area (Å²) in [5.41, 5.74) is 0.937. The molecule has 2 aliphatic heterocycles. The number of rotatable bonds is 5. The van der Waals surface area contributed by atoms with Crippen molar-refractivity contribution < 1.29 is 30.7 Å². The third-order valence-electron chi connectivity index (χ3n) is 6.50. The van der Waals surface area contributed by atoms with Gasteiger partial charge in [-0.2, -0.15) is 17.5 Å². The van der Waals surface area contributed by atoms with Gasteiger partial charge in [-0.25, -0.2) is 8.42 Å². The number of anilines is 1. The number of oxazole rings is 1. The number of fused-ring (bicyclic) bond motifs is 1. The lowest BCUT2D eigenvalue weighted by Crippen LogP contribution is -2.46. The number of aromatic nitrogens is 1. The van der Waals surface area contributed by atoms with Gasteiger partial charge in [0.2, 0.25) is 10.0 Å². The molecule has 36 heavy (non-hydrogen) atoms. The smallest absolute Gasteiger partial charge is 0.416 e. The minimum absolute atomic E-state index is 0.163. The van der Waals surface area contributed by atoms with Gasteiger partial charge in [0, 0.05) is 45.0 Å². The van der Waals surface area contributed by atoms with Crippen LogP contribution in [0.5, 0.6) is 0 Å². The standard InChI is InChI=1S/C23H25F3N4O4S2/c24-23(25,26)17-2-1-3-18(14-17)28-8-6-27(7-9-28)16-30-20-15-19(4-5-21(20)34-22(30)35)36(31,32)29-10-12-33-13-11-29/h1-5,14-15H,6-13,16H2. The predicted molar refractivity (Wildman–Crippen MR) is 130 cm³/mol. The molecular formula is C23H25F3N4O4S2. The molecule has 0 unspecified atom stereocenters. The number of alkyl halides is 3. The van der Waals surface area contributed by atoms with Crippen LogP contribution in [-0.2, 0) is 27.6 Å². The normalized spacial score (nSPS) is 18.7. The van der Waals surface area contributed by atoms with Crippen LogP contribution in [0.1, 0.15) is 5.56 Å². The van der Waals surface area contributed by atoms with Crippen molar-refractivity contribution in [2.45, 2.75) is 17.7 Å². The molecule has 0 aliphatic carbocycles. The maximum Gasteiger partial charge on any atom is 0.416 e. The summed E-state index contributed by atoms with van der Waals surface area (Å²) in [7, 11) is -3.68. The number of ether oxygens (including phenoxy) is 1. The van der Waals surface area contributed by atoms with Crippen LogP contribution in [0.4, 0.5) is 18.9 Å². The predicted octanol–water partition coefficient (Wildman–Crippen LogP) is 3.78. The summed E-state index contributed by atoms with van der Waals surface area (Å²) < 4.78 is 79.6. The third-order valence-corrected chi connectivity index (χ3v) is 8.70. The molecule has 8 nitrogen and oxygen atoms in total. The molecule has 0 saturated carbocycles. The van der Waals surface area contributed by atoms with Crippen molar-refractivity contribution in [2.24, 2.45) is 0 Å². The van der Waals surface area contributed by atoms with E-state index in [2.05, 4.69) is 4.90 Å². The Bertz CT molecular complexity index is 1410. The third kappa shape index (κ3) is 5.02. The average molecular weight is 543 g/mol. The molecule has 2 saturated heterocycles. The molecule has 0 bridgehead atoms. The summed E-state index contributed by atoms with van der Waals surface area (Å²) in [6, 6.07) is 10.1. The van der Waals surface area contributed by atoms with Gasteiger partial charge in [0.25, 0.3) is 4.84 Å². The minimum Gasteiger partial charge on any atom is -0.429 e. The highest BCUT2D eigenvalue weighted by molar-refractivity contribution is 7.89. The number of piperazine rings is 1. The van der Waals surface area contributed by atoms with E-state index in [0.29, 0.717) is 75.9 Å². The summed E-state index contributed by atoms with van der Waals surface area (Å²) in [6.07, 6.45) is -4.38. The van der Waals surface area contributed by atoms with Crippen molar-refractivity contribution in [3.8, 4) is 0 Å². The van der Waals surface area contributed by atoms with Crippen LogP contribution < -0.4 is 4.90 Å². The van der Waals surface area contributed by atoms with Crippen LogP contribution >= 0.6 is 12.2 Å². The second kappa shape index (κ2) is 9.78. The van der Waals surface area contributed by atoms with Crippen molar-refractivity contribution in [3.63, 3.8) is 0 Å². The van der Waals surface area contributed by atoms with E-state index in [-0.39, 0.29) is 9.73 Å². The zero-order valence-corrected chi connectivity index (χ0v) is 20.9. The molecule has 3 heterocycles. The molecule has 0 spiro atoms. The number of sulfonamides is 1. The number of hydrogen-bond donors (Lipinski definition) is 0. The maximum atomic E-state index is 13.1. The molecule has 3 aromatic rings. The van der Waals surface area contributed by atoms with Crippen molar-refractivity contribution in [3.05, 3.63) is 52.9 Å². The topological polar surface area (TPSA) is 71.2 Å². The Morgan fingerprint density at radius 3 is 2.36 bits per heavy atom. The highest BCUT2D eigenvalue weighted by Gasteiger charge is 2.31. The first-order chi connectivity index (χ1) is 17.1. The van der Waals surface area contributed by atoms with Crippen molar-refractivity contribution in [1.82, 2.24) is 13.8 Å². The van der Waals surface area contributed by atoms with Gasteiger partial charge in [-0.1, -0.05) is 6.07 Å². The highest BCUT2D eigenvalue weighted by Crippen LogP contribution is 2.32. The zero-order chi connectivity index (χ0) is 25.5. The number of morpholine rings is 1. The number of nitrogens with zero attached hydrogens (tertiary/aromatic N) is 4. The van der Waals surface area contributed by atoms with Crippen LogP contribution in [0.3, 0.4) is 0 Å². The van der Waals surface area contributed by atoms with Crippen LogP contribution in [0.25, 0.3) is 11.1 Å². The Hall–Kier alpha value is -2.45. The lowest BCUT2D eigenvalue weighted by molar-refractivity contribution is -0.137. The van der Waals surface area contributed by atoms with Gasteiger partial charge in [0.05, 0.1) is 35.9 Å². The van der Waals surface area contributed by atoms with Crippen LogP contribution in [0, 0.1) is 4.84 Å². The second-order valence-electron chi connectivity index (χ2n) is 8.74. The molecule has 2 aliphatic rings. The van der Waals surface area contributed by atoms with E-state index in [1.807, 2.05) is 4.90 Å². The summed E-state index contributed by atoms with van der Waals surface area (Å²) in [4.78, 5) is 4.42. The Morgan fingerprint density at radius 1 is 0.944 bits per heavy atom. The molecule has 1 aromatic heterocycles. The summed E-state index contributed by atoms with van der Waals surface area (Å²) in [5, 5.41) is 0. The van der Waals surface area contributed by atoms with Gasteiger partial charge in [0.15, 0.2) is 5.58 Å². The van der Waals surface area contributed by atoms with Crippen molar-refractivity contribution in [2.75, 3.05) is 57.4 Å². The molecular weight excluding hydrogens is 517 g/mol. The van der Waals surface area contributed by atoms with Gasteiger partial charge >= 0.3 is 6.18 Å². The average Bonchev–Trinajstić information content (AvgIpc) is 3.18. The van der Waals surface area contributed by atoms with E-state index in [4.69, 9.17) is 21.4 Å². The molecule has 0 N–H and O–H groups in total. The van der Waals surface area contributed by atoms with E-state index in [0.717, 1.165) is 6.07 Å². The monoisotopic (exact) mass is 542 g/mol. The Balaban J connectivity index is 1.32. The number of hydrogen-bond acceptors (Lipinski definition) is 7. The Morgan fingerprint density at radius 2 is 1.67 bits per heavy atom. The lowest BCUT2D eigenvalue weighted by Gasteiger charge is -2.36. The summed E-state index contributed by atoms with van der Waals surface area (Å²) >= 11 is 5.41. The van der Waals surface area contributed by atoms with Crippen molar-refractivity contribution in [1.29, 1.82) is 0 Å². The van der Waals surface area contributed by atoms with E-state index < -0.39 is 21.8 Å². The van der Waals surface area contributed by atoms with Crippen LogP contribution in [0.2, 0.25) is 0 Å². The van der Waals surface area contributed by atoms with Gasteiger partial charge in [-0.05, 0) is 48.6 Å². The largest absolute Gasteiger partial charge is 0.429 e. The molecule has 194 valence electrons. The van der Waals surface area contributed by atoms with Gasteiger partial charge in [0.1, 0.15) is 0 Å². The number of halogens is 3. The van der Waals surface area contributed by atoms with E-state index in [1.165, 1.54) is 22.5 Å². The maximum absolute atomic E-state index is 13.1. The van der Waals surface area contributed by atoms with Crippen molar-refractivity contribution >= 4 is 39.0 Å². The van der Waals surface area contributed by atoms with Gasteiger partial charge in [-0.3, -0.25) is 9.47 Å². The van der Waals surface area contributed by atoms with E-state index >= 15 is 0 Å². The lowest BCUT2D eigenvalue weighted by atomic mass is 10.1. The summed E-state index contributed by atoms with van der Waals surface area (Å²) in [6.45, 7) is 3.97. The fourth-order valence-electron chi connectivity index (χ4n) is 4.50. The molecule has 2 fully saturated rings. The highest BCUT2D eigenvalue weighted by atomic mass is 32.2. The first-order valence-corrected chi connectivity index (χ1v) is 13.3. The molecule has 13 heteroatoms. The SMILES string of the molecule is O=S(=O)(c1ccc2oc(=S)n(CN3CCN(c4cccc(C(F)(F)F)c4)CC3)c2c1)N1CCOCC1. The molecule has 0 amide bonds. The molecule has 5 rings (SSSR count). The summed E-state index contributed by atoms with van der Waals surface area (Å²) in [5.74, 6) is 0. The van der Waals surface area contributed by atoms with Crippen LogP contribution in [0.15, 0.2) is 51.8 Å². The second-order valence-corrected chi connectivity index (χ2v) is 11.0. The zero-order valence-electron chi connectivity index (χ0n) is 19.3. The fraction of sp³-hybridized carbons (Fsp3) is 0.435. The molecule has 2 aromatic carbocycles. The first-order valence-electron chi connectivity index (χ1n) is 11.5. The quantitative estimate of drug-likeness (QED) is 0.455. The molecule has 0 atom stereocenters. The van der Waals surface area contributed by atoms with E-state index in [9.17, 15) is 21.6 Å². The van der Waals surface area contributed by atoms with Gasteiger partial charge < -0.3 is 14.1 Å². The molecule has 0 radical (unpaired) electrons. The van der Waals surface area contributed by atoms with Crippen LogP contribution in [-0.4, -0.2) is 74.7 Å². The van der Waals surface area contributed by atoms with E-state index in [1.54, 1.807) is 22.8 Å².